The third-order valence-corrected chi connectivity index (χ3v) is 14.1. The maximum Gasteiger partial charge on any atom is 0.139 e. The Morgan fingerprint density at radius 1 is 0.438 bits per heavy atom. The van der Waals surface area contributed by atoms with Gasteiger partial charge in [0.1, 0.15) is 22.3 Å². The van der Waals surface area contributed by atoms with E-state index in [1.807, 2.05) is 0 Å². The van der Waals surface area contributed by atoms with Crippen LogP contribution in [0.4, 0.5) is 11.4 Å². The highest BCUT2D eigenvalue weighted by Crippen LogP contribution is 2.49. The molecule has 2 aliphatic carbocycles. The highest BCUT2D eigenvalue weighted by Gasteiger charge is 2.37. The fourth-order valence-electron chi connectivity index (χ4n) is 11.0. The van der Waals surface area contributed by atoms with Gasteiger partial charge in [-0.05, 0) is 125 Å². The summed E-state index contributed by atoms with van der Waals surface area (Å²) in [4.78, 5) is 2.48. The zero-order chi connectivity index (χ0) is 41.9. The fraction of sp³-hybridized carbons (Fsp3) is 0.0667. The summed E-state index contributed by atoms with van der Waals surface area (Å²) in [6.07, 6.45) is 16.8. The molecule has 4 nitrogen and oxygen atoms in total. The molecule has 0 spiro atoms. The third-order valence-electron chi connectivity index (χ3n) is 14.1. The van der Waals surface area contributed by atoms with E-state index in [1.54, 1.807) is 0 Å². The van der Waals surface area contributed by atoms with E-state index < -0.39 is 0 Å². The molecule has 0 saturated carbocycles. The molecule has 64 heavy (non-hydrogen) atoms. The van der Waals surface area contributed by atoms with Crippen LogP contribution >= 0.6 is 0 Å². The van der Waals surface area contributed by atoms with E-state index in [4.69, 9.17) is 8.83 Å². The molecule has 1 aliphatic heterocycles. The van der Waals surface area contributed by atoms with Crippen LogP contribution in [0.25, 0.3) is 88.1 Å². The van der Waals surface area contributed by atoms with E-state index in [0.717, 1.165) is 50.3 Å². The predicted octanol–water partition coefficient (Wildman–Crippen LogP) is 16.1. The summed E-state index contributed by atoms with van der Waals surface area (Å²) in [5, 5.41) is 6.99. The molecule has 4 heterocycles. The zero-order valence-corrected chi connectivity index (χ0v) is 34.9. The van der Waals surface area contributed by atoms with Crippen molar-refractivity contribution in [3.8, 4) is 16.8 Å². The van der Waals surface area contributed by atoms with Crippen LogP contribution in [0.1, 0.15) is 34.9 Å². The molecule has 0 N–H and O–H groups in total. The van der Waals surface area contributed by atoms with Crippen molar-refractivity contribution in [1.82, 2.24) is 4.57 Å². The van der Waals surface area contributed by atoms with E-state index in [9.17, 15) is 0 Å². The summed E-state index contributed by atoms with van der Waals surface area (Å²) in [6.45, 7) is 0. The maximum absolute atomic E-state index is 6.51. The van der Waals surface area contributed by atoms with Crippen LogP contribution in [0.2, 0.25) is 0 Å². The predicted molar refractivity (Wildman–Crippen MR) is 265 cm³/mol. The lowest BCUT2D eigenvalue weighted by atomic mass is 9.85. The lowest BCUT2D eigenvalue weighted by Gasteiger charge is -2.28. The topological polar surface area (TPSA) is 34.5 Å². The molecular weight excluding hydrogens is 781 g/mol. The Hall–Kier alpha value is -8.08. The van der Waals surface area contributed by atoms with Crippen molar-refractivity contribution in [2.24, 2.45) is 0 Å². The van der Waals surface area contributed by atoms with Gasteiger partial charge < -0.3 is 18.3 Å². The number of allylic oxidation sites excluding steroid dienone is 6. The van der Waals surface area contributed by atoms with Crippen LogP contribution < -0.4 is 4.90 Å². The van der Waals surface area contributed by atoms with Crippen molar-refractivity contribution in [2.45, 2.75) is 24.3 Å². The van der Waals surface area contributed by atoms with E-state index in [0.29, 0.717) is 5.92 Å². The van der Waals surface area contributed by atoms with E-state index >= 15 is 0 Å². The number of hydrogen-bond acceptors (Lipinski definition) is 3. The van der Waals surface area contributed by atoms with Crippen molar-refractivity contribution in [3.63, 3.8) is 0 Å². The highest BCUT2D eigenvalue weighted by atomic mass is 16.3. The number of rotatable bonds is 5. The van der Waals surface area contributed by atoms with Crippen LogP contribution in [0.3, 0.4) is 0 Å². The summed E-state index contributed by atoms with van der Waals surface area (Å²) in [5.41, 5.74) is 17.2. The van der Waals surface area contributed by atoms with Gasteiger partial charge in [0, 0.05) is 67.3 Å². The Labute approximate surface area is 369 Å². The quantitative estimate of drug-likeness (QED) is 0.173. The molecule has 0 saturated heterocycles. The van der Waals surface area contributed by atoms with Crippen molar-refractivity contribution < 1.29 is 8.83 Å². The molecule has 0 radical (unpaired) electrons. The molecule has 2 unspecified atom stereocenters. The Bertz CT molecular complexity index is 3840. The molecule has 0 amide bonds. The molecule has 302 valence electrons. The average molecular weight is 821 g/mol. The largest absolute Gasteiger partial charge is 0.456 e. The molecule has 4 heteroatoms. The molecule has 0 fully saturated rings. The number of fused-ring (bicyclic) bond motifs is 12. The summed E-state index contributed by atoms with van der Waals surface area (Å²) < 4.78 is 15.4. The number of para-hydroxylation sites is 3. The average Bonchev–Trinajstić information content (AvgIpc) is 4.10. The second kappa shape index (κ2) is 13.7. The Morgan fingerprint density at radius 3 is 1.94 bits per heavy atom. The van der Waals surface area contributed by atoms with Crippen LogP contribution in [0.5, 0.6) is 0 Å². The van der Waals surface area contributed by atoms with Gasteiger partial charge in [-0.2, -0.15) is 0 Å². The van der Waals surface area contributed by atoms with Gasteiger partial charge in [0.2, 0.25) is 0 Å². The van der Waals surface area contributed by atoms with Gasteiger partial charge in [0.15, 0.2) is 0 Å². The SMILES string of the molecule is C1=CC(c2ccc3oc4cc5oc6ccc(-c7ccc8c(c7)[C@@H]7C=CC=CC7N8c7ccccc7)cc6c5cc4c3c2)CC(c2ccc3c(c2)c2ccccc2n3-c2ccccc2)=C1. The van der Waals surface area contributed by atoms with Gasteiger partial charge in [-0.15, -0.1) is 0 Å². The van der Waals surface area contributed by atoms with Crippen LogP contribution in [-0.4, -0.2) is 10.6 Å². The van der Waals surface area contributed by atoms with Crippen molar-refractivity contribution in [1.29, 1.82) is 0 Å². The molecule has 14 rings (SSSR count). The smallest absolute Gasteiger partial charge is 0.139 e. The molecule has 3 atom stereocenters. The second-order valence-electron chi connectivity index (χ2n) is 17.6. The van der Waals surface area contributed by atoms with Gasteiger partial charge >= 0.3 is 0 Å². The first-order chi connectivity index (χ1) is 31.7. The van der Waals surface area contributed by atoms with Gasteiger partial charge in [-0.25, -0.2) is 0 Å². The fourth-order valence-corrected chi connectivity index (χ4v) is 11.0. The highest BCUT2D eigenvalue weighted by molar-refractivity contribution is 6.16. The Balaban J connectivity index is 0.806. The summed E-state index contributed by atoms with van der Waals surface area (Å²) >= 11 is 0. The molecule has 3 aromatic heterocycles. The standard InChI is InChI=1S/C60H40N2O2/c1-3-14-43(15-4-1)61-53-20-9-7-18-45(53)47-31-39(22-26-55(47)61)37-12-11-13-38(30-37)41-24-28-57-49(33-41)51-35-52-50-34-42(25-29-58(50)64-60(52)36-59(51)63-57)40-23-27-56-48(32-40)46-19-8-10-21-54(46)62(56)44-16-5-2-6-17-44/h1-29,31-36,38,46,54H,30H2/t38?,46-,54?/m0/s1. The number of anilines is 2. The zero-order valence-electron chi connectivity index (χ0n) is 34.9. The summed E-state index contributed by atoms with van der Waals surface area (Å²) in [6, 6.07) is 62.1. The van der Waals surface area contributed by atoms with Gasteiger partial charge in [0.05, 0.1) is 17.1 Å². The lowest BCUT2D eigenvalue weighted by molar-refractivity contribution is 0.656. The first kappa shape index (κ1) is 35.5. The van der Waals surface area contributed by atoms with Gasteiger partial charge in [-0.1, -0.05) is 121 Å². The summed E-state index contributed by atoms with van der Waals surface area (Å²) in [5.74, 6) is 0.529. The van der Waals surface area contributed by atoms with E-state index in [-0.39, 0.29) is 12.0 Å². The monoisotopic (exact) mass is 820 g/mol. The summed E-state index contributed by atoms with van der Waals surface area (Å²) in [7, 11) is 0. The Morgan fingerprint density at radius 2 is 1.09 bits per heavy atom. The lowest BCUT2D eigenvalue weighted by Crippen LogP contribution is -2.28. The first-order valence-corrected chi connectivity index (χ1v) is 22.3. The minimum atomic E-state index is 0.235. The van der Waals surface area contributed by atoms with Crippen LogP contribution in [0, 0.1) is 0 Å². The third kappa shape index (κ3) is 5.36. The molecule has 11 aromatic rings. The van der Waals surface area contributed by atoms with Crippen molar-refractivity contribution in [2.75, 3.05) is 4.90 Å². The number of hydrogen-bond donors (Lipinski definition) is 0. The van der Waals surface area contributed by atoms with E-state index in [1.165, 1.54) is 72.3 Å². The minimum Gasteiger partial charge on any atom is -0.456 e. The number of nitrogens with zero attached hydrogens (tertiary/aromatic N) is 2. The van der Waals surface area contributed by atoms with Gasteiger partial charge in [-0.3, -0.25) is 0 Å². The van der Waals surface area contributed by atoms with Crippen LogP contribution in [0.15, 0.2) is 221 Å². The molecular formula is C60H40N2O2. The number of furan rings is 2. The molecule has 8 aromatic carbocycles. The first-order valence-electron chi connectivity index (χ1n) is 22.3. The van der Waals surface area contributed by atoms with Gasteiger partial charge in [0.25, 0.3) is 0 Å². The second-order valence-corrected chi connectivity index (χ2v) is 17.6. The Kier molecular flexibility index (Phi) is 7.61. The van der Waals surface area contributed by atoms with E-state index in [2.05, 4.69) is 222 Å². The number of aromatic nitrogens is 1. The molecule has 3 aliphatic rings. The normalized spacial score (nSPS) is 18.0. The number of benzene rings is 8. The molecule has 0 bridgehead atoms. The maximum atomic E-state index is 6.51. The van der Waals surface area contributed by atoms with Crippen molar-refractivity contribution >= 4 is 82.6 Å². The van der Waals surface area contributed by atoms with Crippen LogP contribution in [-0.2, 0) is 0 Å². The van der Waals surface area contributed by atoms with Crippen molar-refractivity contribution in [3.05, 3.63) is 229 Å². The minimum absolute atomic E-state index is 0.235.